The Morgan fingerprint density at radius 2 is 1.63 bits per heavy atom. The fraction of sp³-hybridized carbons (Fsp3) is 0.222. The van der Waals surface area contributed by atoms with Crippen LogP contribution in [0.25, 0.3) is 12.2 Å². The van der Waals surface area contributed by atoms with Gasteiger partial charge in [-0.25, -0.2) is 0 Å². The van der Waals surface area contributed by atoms with Crippen molar-refractivity contribution in [3.8, 4) is 0 Å². The number of hydrogen-bond acceptors (Lipinski definition) is 0. The molecule has 0 spiro atoms. The summed E-state index contributed by atoms with van der Waals surface area (Å²) < 4.78 is 0.921. The summed E-state index contributed by atoms with van der Waals surface area (Å²) in [7, 11) is 0. The normalized spacial score (nSPS) is 11.2. The van der Waals surface area contributed by atoms with E-state index in [1.165, 1.54) is 10.4 Å². The average molecular weight is 321 g/mol. The summed E-state index contributed by atoms with van der Waals surface area (Å²) >= 11 is 3.15. The molecule has 0 nitrogen and oxygen atoms in total. The van der Waals surface area contributed by atoms with Gasteiger partial charge in [0, 0.05) is 4.48 Å². The third-order valence-corrected chi connectivity index (χ3v) is 2.22. The molecule has 0 unspecified atom stereocenters. The van der Waals surface area contributed by atoms with Gasteiger partial charge in [0.05, 0.1) is 0 Å². The first-order valence-electron chi connectivity index (χ1n) is 6.47. The van der Waals surface area contributed by atoms with Gasteiger partial charge >= 0.3 is 0 Å². The number of halogens is 1. The van der Waals surface area contributed by atoms with Crippen LogP contribution in [0.2, 0.25) is 0 Å². The molecule has 104 valence electrons. The van der Waals surface area contributed by atoms with E-state index in [1.54, 1.807) is 0 Å². The Kier molecular flexibility index (Phi) is 15.5. The maximum absolute atomic E-state index is 3.66. The van der Waals surface area contributed by atoms with E-state index >= 15 is 0 Å². The van der Waals surface area contributed by atoms with E-state index in [0.29, 0.717) is 0 Å². The summed E-state index contributed by atoms with van der Waals surface area (Å²) in [6.45, 7) is 15.2. The molecule has 0 aliphatic heterocycles. The second-order valence-electron chi connectivity index (χ2n) is 3.27. The lowest BCUT2D eigenvalue weighted by Gasteiger charge is -1.86. The molecule has 0 N–H and O–H groups in total. The number of allylic oxidation sites excluding steroid dienone is 4. The average Bonchev–Trinajstić information content (AvgIpc) is 2.42. The Morgan fingerprint density at radius 3 is 1.95 bits per heavy atom. The highest BCUT2D eigenvalue weighted by molar-refractivity contribution is 9.11. The predicted octanol–water partition coefficient (Wildman–Crippen LogP) is 4.95. The minimum Gasteiger partial charge on any atom is -0.0990 e. The number of hydrogen-bond donors (Lipinski definition) is 0. The van der Waals surface area contributed by atoms with E-state index in [0.717, 1.165) is 4.48 Å². The lowest BCUT2D eigenvalue weighted by Crippen LogP contribution is -2.22. The van der Waals surface area contributed by atoms with E-state index in [9.17, 15) is 0 Å². The van der Waals surface area contributed by atoms with Crippen molar-refractivity contribution < 1.29 is 0 Å². The molecule has 0 amide bonds. The lowest BCUT2D eigenvalue weighted by molar-refractivity contribution is 1.50. The Bertz CT molecular complexity index is 493. The molecular formula is C18H25Br. The van der Waals surface area contributed by atoms with Crippen molar-refractivity contribution >= 4 is 28.1 Å². The Hall–Kier alpha value is -1.34. The molecule has 1 rings (SSSR count). The highest BCUT2D eigenvalue weighted by atomic mass is 79.9. The molecule has 0 aliphatic carbocycles. The van der Waals surface area contributed by atoms with Crippen molar-refractivity contribution in [1.29, 1.82) is 0 Å². The molecule has 0 atom stereocenters. The van der Waals surface area contributed by atoms with Gasteiger partial charge in [-0.2, -0.15) is 0 Å². The summed E-state index contributed by atoms with van der Waals surface area (Å²) in [5.41, 5.74) is 0. The van der Waals surface area contributed by atoms with Gasteiger partial charge in [-0.1, -0.05) is 97.6 Å². The summed E-state index contributed by atoms with van der Waals surface area (Å²) in [5, 5.41) is 2.48. The monoisotopic (exact) mass is 320 g/mol. The Balaban J connectivity index is 0. The van der Waals surface area contributed by atoms with Crippen LogP contribution in [0.4, 0.5) is 0 Å². The van der Waals surface area contributed by atoms with Crippen molar-refractivity contribution in [2.24, 2.45) is 0 Å². The van der Waals surface area contributed by atoms with Gasteiger partial charge in [-0.3, -0.25) is 0 Å². The fourth-order valence-corrected chi connectivity index (χ4v) is 1.50. The first-order chi connectivity index (χ1) is 9.15. The van der Waals surface area contributed by atoms with Gasteiger partial charge in [0.2, 0.25) is 0 Å². The van der Waals surface area contributed by atoms with Crippen LogP contribution in [0.1, 0.15) is 27.7 Å². The zero-order chi connectivity index (χ0) is 15.1. The third-order valence-electron chi connectivity index (χ3n) is 1.95. The fourth-order valence-electron chi connectivity index (χ4n) is 1.23. The quantitative estimate of drug-likeness (QED) is 0.676. The molecule has 1 aromatic carbocycles. The first-order valence-corrected chi connectivity index (χ1v) is 7.26. The summed E-state index contributed by atoms with van der Waals surface area (Å²) in [6.07, 6.45) is 9.73. The van der Waals surface area contributed by atoms with E-state index in [-0.39, 0.29) is 0 Å². The van der Waals surface area contributed by atoms with E-state index in [4.69, 9.17) is 0 Å². The predicted molar refractivity (Wildman–Crippen MR) is 94.7 cm³/mol. The summed E-state index contributed by atoms with van der Waals surface area (Å²) in [5.74, 6) is 0. The largest absolute Gasteiger partial charge is 0.0990 e. The second kappa shape index (κ2) is 14.7. The molecule has 0 saturated heterocycles. The molecule has 0 aliphatic rings. The van der Waals surface area contributed by atoms with E-state index in [2.05, 4.69) is 47.3 Å². The highest BCUT2D eigenvalue weighted by Crippen LogP contribution is 1.99. The Labute approximate surface area is 126 Å². The zero-order valence-corrected chi connectivity index (χ0v) is 14.1. The van der Waals surface area contributed by atoms with Crippen molar-refractivity contribution in [3.05, 3.63) is 70.6 Å². The van der Waals surface area contributed by atoms with Gasteiger partial charge in [0.25, 0.3) is 0 Å². The van der Waals surface area contributed by atoms with Gasteiger partial charge in [0.1, 0.15) is 0 Å². The minimum atomic E-state index is 0.921. The summed E-state index contributed by atoms with van der Waals surface area (Å²) in [4.78, 5) is 0. The van der Waals surface area contributed by atoms with Crippen LogP contribution >= 0.6 is 15.9 Å². The van der Waals surface area contributed by atoms with Crippen LogP contribution in [-0.2, 0) is 0 Å². The standard InChI is InChI=1S/C11H12.C5H7Br.C2H6/c1-3-7-11-9-6-5-8-10(11)4-2;1-3-4-5(2)6;1-2/h3-9H,1H2,2H3;3-4H,2H2,1H3;1-2H3/b10-4-,11-7+;4-3-;. The smallest absolute Gasteiger partial charge is 0.00996 e. The van der Waals surface area contributed by atoms with Crippen LogP contribution in [0.5, 0.6) is 0 Å². The van der Waals surface area contributed by atoms with Gasteiger partial charge in [0.15, 0.2) is 0 Å². The van der Waals surface area contributed by atoms with E-state index < -0.39 is 0 Å². The van der Waals surface area contributed by atoms with Crippen LogP contribution in [0.3, 0.4) is 0 Å². The zero-order valence-electron chi connectivity index (χ0n) is 12.5. The molecule has 1 aromatic rings. The second-order valence-corrected chi connectivity index (χ2v) is 4.29. The molecule has 0 saturated carbocycles. The SMILES string of the molecule is C=C(Br)/C=C\C.C=C/C=c1\cccc\c1=C\C.CC. The van der Waals surface area contributed by atoms with Crippen LogP contribution in [0.15, 0.2) is 60.1 Å². The van der Waals surface area contributed by atoms with Crippen LogP contribution in [0, 0.1) is 0 Å². The van der Waals surface area contributed by atoms with Crippen LogP contribution < -0.4 is 10.4 Å². The third kappa shape index (κ3) is 11.5. The maximum atomic E-state index is 3.66. The molecule has 0 fully saturated rings. The molecule has 0 aromatic heterocycles. The molecule has 19 heavy (non-hydrogen) atoms. The highest BCUT2D eigenvalue weighted by Gasteiger charge is 1.78. The van der Waals surface area contributed by atoms with Crippen molar-refractivity contribution in [3.63, 3.8) is 0 Å². The van der Waals surface area contributed by atoms with Gasteiger partial charge in [-0.05, 0) is 24.3 Å². The number of benzene rings is 1. The summed E-state index contributed by atoms with van der Waals surface area (Å²) in [6, 6.07) is 8.24. The minimum absolute atomic E-state index is 0.921. The topological polar surface area (TPSA) is 0 Å². The molecule has 0 radical (unpaired) electrons. The molecule has 0 bridgehead atoms. The molecule has 0 heterocycles. The van der Waals surface area contributed by atoms with Crippen LogP contribution in [-0.4, -0.2) is 0 Å². The number of rotatable bonds is 2. The van der Waals surface area contributed by atoms with Crippen molar-refractivity contribution in [1.82, 2.24) is 0 Å². The van der Waals surface area contributed by atoms with Crippen molar-refractivity contribution in [2.75, 3.05) is 0 Å². The lowest BCUT2D eigenvalue weighted by atomic mass is 10.2. The maximum Gasteiger partial charge on any atom is 0.00996 e. The molecule has 1 heteroatoms. The van der Waals surface area contributed by atoms with Gasteiger partial charge in [-0.15, -0.1) is 0 Å². The first kappa shape index (κ1) is 20.0. The van der Waals surface area contributed by atoms with E-state index in [1.807, 2.05) is 64.1 Å². The Morgan fingerprint density at radius 1 is 1.11 bits per heavy atom. The van der Waals surface area contributed by atoms with Gasteiger partial charge < -0.3 is 0 Å². The molecular weight excluding hydrogens is 296 g/mol. The van der Waals surface area contributed by atoms with Crippen molar-refractivity contribution in [2.45, 2.75) is 27.7 Å².